The SMILES string of the molecule is [B]c1cc(C(=O)OC)ccc1C#N. The summed E-state index contributed by atoms with van der Waals surface area (Å²) in [5.41, 5.74) is 0.983. The zero-order chi connectivity index (χ0) is 9.84. The number of carbonyl (C=O) groups excluding carboxylic acids is 1. The molecule has 0 spiro atoms. The molecule has 0 heterocycles. The fourth-order valence-electron chi connectivity index (χ4n) is 0.909. The summed E-state index contributed by atoms with van der Waals surface area (Å²) in [4.78, 5) is 11.0. The lowest BCUT2D eigenvalue weighted by Crippen LogP contribution is -2.12. The van der Waals surface area contributed by atoms with Gasteiger partial charge >= 0.3 is 5.97 Å². The summed E-state index contributed by atoms with van der Waals surface area (Å²) in [6.45, 7) is 0. The van der Waals surface area contributed by atoms with Gasteiger partial charge in [-0.05, 0) is 12.1 Å². The van der Waals surface area contributed by atoms with Crippen molar-refractivity contribution in [3.8, 4) is 6.07 Å². The van der Waals surface area contributed by atoms with E-state index in [0.717, 1.165) is 0 Å². The van der Waals surface area contributed by atoms with Gasteiger partial charge in [-0.1, -0.05) is 11.5 Å². The first kappa shape index (κ1) is 9.33. The Morgan fingerprint density at radius 1 is 1.62 bits per heavy atom. The Labute approximate surface area is 77.3 Å². The van der Waals surface area contributed by atoms with E-state index in [2.05, 4.69) is 4.74 Å². The number of benzene rings is 1. The number of rotatable bonds is 1. The Morgan fingerprint density at radius 2 is 2.31 bits per heavy atom. The lowest BCUT2D eigenvalue weighted by Gasteiger charge is -2.01. The highest BCUT2D eigenvalue weighted by molar-refractivity contribution is 6.34. The number of nitrogens with zero attached hydrogens (tertiary/aromatic N) is 1. The van der Waals surface area contributed by atoms with Crippen LogP contribution in [-0.4, -0.2) is 20.9 Å². The summed E-state index contributed by atoms with van der Waals surface area (Å²) < 4.78 is 4.49. The van der Waals surface area contributed by atoms with Crippen LogP contribution in [0.1, 0.15) is 15.9 Å². The molecule has 1 aromatic rings. The van der Waals surface area contributed by atoms with Crippen molar-refractivity contribution in [2.75, 3.05) is 7.11 Å². The number of nitriles is 1. The van der Waals surface area contributed by atoms with Gasteiger partial charge in [0.2, 0.25) is 0 Å². The quantitative estimate of drug-likeness (QED) is 0.446. The van der Waals surface area contributed by atoms with Crippen molar-refractivity contribution in [3.05, 3.63) is 29.3 Å². The molecule has 3 nitrogen and oxygen atoms in total. The van der Waals surface area contributed by atoms with Crippen molar-refractivity contribution in [1.82, 2.24) is 0 Å². The van der Waals surface area contributed by atoms with Gasteiger partial charge in [0, 0.05) is 5.56 Å². The molecule has 0 aliphatic carbocycles. The molecule has 0 saturated carbocycles. The highest BCUT2D eigenvalue weighted by Gasteiger charge is 2.06. The fourth-order valence-corrected chi connectivity index (χ4v) is 0.909. The smallest absolute Gasteiger partial charge is 0.337 e. The van der Waals surface area contributed by atoms with Gasteiger partial charge in [-0.15, -0.1) is 0 Å². The summed E-state index contributed by atoms with van der Waals surface area (Å²) in [5, 5.41) is 8.56. The molecular formula is C9H6BNO2. The Morgan fingerprint density at radius 3 is 2.77 bits per heavy atom. The maximum atomic E-state index is 11.0. The van der Waals surface area contributed by atoms with Gasteiger partial charge < -0.3 is 4.74 Å². The number of hydrogen-bond acceptors (Lipinski definition) is 3. The molecule has 4 heteroatoms. The second kappa shape index (κ2) is 3.77. The van der Waals surface area contributed by atoms with Crippen molar-refractivity contribution in [3.63, 3.8) is 0 Å². The Hall–Kier alpha value is -1.76. The first-order chi connectivity index (χ1) is 6.19. The maximum absolute atomic E-state index is 11.0. The van der Waals surface area contributed by atoms with Gasteiger partial charge in [0.1, 0.15) is 7.85 Å². The topological polar surface area (TPSA) is 50.1 Å². The van der Waals surface area contributed by atoms with E-state index < -0.39 is 5.97 Å². The number of esters is 1. The normalized spacial score (nSPS) is 8.92. The second-order valence-corrected chi connectivity index (χ2v) is 2.41. The van der Waals surface area contributed by atoms with E-state index in [-0.39, 0.29) is 5.46 Å². The molecule has 0 saturated heterocycles. The molecule has 0 bridgehead atoms. The summed E-state index contributed by atoms with van der Waals surface area (Å²) in [7, 11) is 6.78. The van der Waals surface area contributed by atoms with Crippen LogP contribution in [0.4, 0.5) is 0 Å². The first-order valence-electron chi connectivity index (χ1n) is 3.57. The molecule has 0 fully saturated rings. The number of ether oxygens (including phenoxy) is 1. The minimum atomic E-state index is -0.462. The molecule has 0 N–H and O–H groups in total. The van der Waals surface area contributed by atoms with Crippen molar-refractivity contribution in [1.29, 1.82) is 5.26 Å². The third kappa shape index (κ3) is 1.88. The summed E-state index contributed by atoms with van der Waals surface area (Å²) in [6.07, 6.45) is 0. The van der Waals surface area contributed by atoms with E-state index in [1.165, 1.54) is 25.3 Å². The zero-order valence-corrected chi connectivity index (χ0v) is 7.07. The van der Waals surface area contributed by atoms with Crippen LogP contribution in [0.25, 0.3) is 0 Å². The molecule has 13 heavy (non-hydrogen) atoms. The monoisotopic (exact) mass is 171 g/mol. The average Bonchev–Trinajstić information content (AvgIpc) is 2.16. The zero-order valence-electron chi connectivity index (χ0n) is 7.07. The van der Waals surface area contributed by atoms with Gasteiger partial charge in [0.15, 0.2) is 0 Å². The third-order valence-electron chi connectivity index (χ3n) is 1.59. The van der Waals surface area contributed by atoms with Gasteiger partial charge in [-0.25, -0.2) is 4.79 Å². The standard InChI is InChI=1S/C9H6BNO2/c1-13-9(12)6-2-3-7(5-11)8(10)4-6/h2-4H,1H3. The van der Waals surface area contributed by atoms with Crippen LogP contribution in [0.5, 0.6) is 0 Å². The van der Waals surface area contributed by atoms with Crippen molar-refractivity contribution >= 4 is 19.3 Å². The molecule has 0 unspecified atom stereocenters. The molecule has 1 aromatic carbocycles. The van der Waals surface area contributed by atoms with Crippen LogP contribution in [0.15, 0.2) is 18.2 Å². The Balaban J connectivity index is 3.11. The van der Waals surface area contributed by atoms with Crippen molar-refractivity contribution < 1.29 is 9.53 Å². The summed E-state index contributed by atoms with van der Waals surface area (Å²) in [6, 6.07) is 6.31. The number of methoxy groups -OCH3 is 1. The van der Waals surface area contributed by atoms with Crippen molar-refractivity contribution in [2.24, 2.45) is 0 Å². The maximum Gasteiger partial charge on any atom is 0.337 e. The van der Waals surface area contributed by atoms with Gasteiger partial charge in [0.25, 0.3) is 0 Å². The highest BCUT2D eigenvalue weighted by atomic mass is 16.5. The highest BCUT2D eigenvalue weighted by Crippen LogP contribution is 2.01. The molecule has 62 valence electrons. The van der Waals surface area contributed by atoms with E-state index >= 15 is 0 Å². The minimum Gasteiger partial charge on any atom is -0.465 e. The molecule has 2 radical (unpaired) electrons. The van der Waals surface area contributed by atoms with E-state index in [9.17, 15) is 4.79 Å². The first-order valence-corrected chi connectivity index (χ1v) is 3.57. The molecule has 0 amide bonds. The number of hydrogen-bond donors (Lipinski definition) is 0. The van der Waals surface area contributed by atoms with Crippen LogP contribution in [0.2, 0.25) is 0 Å². The van der Waals surface area contributed by atoms with Gasteiger partial charge in [-0.2, -0.15) is 5.26 Å². The van der Waals surface area contributed by atoms with Crippen LogP contribution in [-0.2, 0) is 4.74 Å². The molecule has 0 aromatic heterocycles. The second-order valence-electron chi connectivity index (χ2n) is 2.41. The predicted molar refractivity (Wildman–Crippen MR) is 47.9 cm³/mol. The van der Waals surface area contributed by atoms with Crippen LogP contribution in [0.3, 0.4) is 0 Å². The molecular weight excluding hydrogens is 165 g/mol. The van der Waals surface area contributed by atoms with E-state index in [4.69, 9.17) is 13.1 Å². The average molecular weight is 171 g/mol. The summed E-state index contributed by atoms with van der Waals surface area (Å²) in [5.74, 6) is -0.462. The summed E-state index contributed by atoms with van der Waals surface area (Å²) >= 11 is 0. The fraction of sp³-hybridized carbons (Fsp3) is 0.111. The number of carbonyl (C=O) groups is 1. The molecule has 0 atom stereocenters. The van der Waals surface area contributed by atoms with Gasteiger partial charge in [-0.3, -0.25) is 0 Å². The van der Waals surface area contributed by atoms with Crippen LogP contribution >= 0.6 is 0 Å². The lowest BCUT2D eigenvalue weighted by atomic mass is 9.89. The third-order valence-corrected chi connectivity index (χ3v) is 1.59. The van der Waals surface area contributed by atoms with Crippen LogP contribution in [0, 0.1) is 11.3 Å². The molecule has 0 aliphatic heterocycles. The van der Waals surface area contributed by atoms with Crippen LogP contribution < -0.4 is 5.46 Å². The molecule has 0 aliphatic rings. The molecule has 1 rings (SSSR count). The lowest BCUT2D eigenvalue weighted by molar-refractivity contribution is 0.0601. The van der Waals surface area contributed by atoms with E-state index in [1.54, 1.807) is 0 Å². The largest absolute Gasteiger partial charge is 0.465 e. The predicted octanol–water partition coefficient (Wildman–Crippen LogP) is 0.139. The minimum absolute atomic E-state index is 0.283. The van der Waals surface area contributed by atoms with Gasteiger partial charge in [0.05, 0.1) is 18.7 Å². The Bertz CT molecular complexity index is 382. The van der Waals surface area contributed by atoms with Crippen molar-refractivity contribution in [2.45, 2.75) is 0 Å². The Kier molecular flexibility index (Phi) is 2.71. The van der Waals surface area contributed by atoms with E-state index in [0.29, 0.717) is 11.1 Å². The van der Waals surface area contributed by atoms with E-state index in [1.807, 2.05) is 6.07 Å².